The standard InChI is InChI=1S/C11H14N6S/c1-3-8-9-10(16(2)15-8)17(11(12)14-9)5-7-4-13-6-18-7/h4,6H,3,5H2,1-2H3,(H2,12,14). The van der Waals surface area contributed by atoms with E-state index in [1.54, 1.807) is 11.3 Å². The maximum Gasteiger partial charge on any atom is 0.202 e. The molecule has 2 N–H and O–H groups in total. The molecular weight excluding hydrogens is 248 g/mol. The van der Waals surface area contributed by atoms with E-state index in [1.165, 1.54) is 0 Å². The zero-order chi connectivity index (χ0) is 12.7. The van der Waals surface area contributed by atoms with E-state index in [9.17, 15) is 0 Å². The van der Waals surface area contributed by atoms with Crippen molar-refractivity contribution in [1.29, 1.82) is 0 Å². The second-order valence-electron chi connectivity index (χ2n) is 4.12. The smallest absolute Gasteiger partial charge is 0.202 e. The van der Waals surface area contributed by atoms with Crippen LogP contribution in [0.5, 0.6) is 0 Å². The lowest BCUT2D eigenvalue weighted by Gasteiger charge is -2.04. The summed E-state index contributed by atoms with van der Waals surface area (Å²) in [6.45, 7) is 2.76. The number of rotatable bonds is 3. The number of hydrogen-bond donors (Lipinski definition) is 1. The molecular formula is C11H14N6S. The molecule has 0 unspecified atom stereocenters. The third kappa shape index (κ3) is 1.59. The Morgan fingerprint density at radius 3 is 2.94 bits per heavy atom. The lowest BCUT2D eigenvalue weighted by atomic mass is 10.3. The molecule has 0 radical (unpaired) electrons. The van der Waals surface area contributed by atoms with Gasteiger partial charge in [-0.05, 0) is 6.42 Å². The van der Waals surface area contributed by atoms with E-state index in [0.29, 0.717) is 12.5 Å². The monoisotopic (exact) mass is 262 g/mol. The molecule has 0 saturated heterocycles. The zero-order valence-electron chi connectivity index (χ0n) is 10.3. The molecule has 0 bridgehead atoms. The number of nitrogens with two attached hydrogens (primary N) is 1. The number of aromatic nitrogens is 5. The van der Waals surface area contributed by atoms with E-state index in [1.807, 2.05) is 28.0 Å². The Morgan fingerprint density at radius 2 is 2.28 bits per heavy atom. The summed E-state index contributed by atoms with van der Waals surface area (Å²) < 4.78 is 3.83. The topological polar surface area (TPSA) is 74.6 Å². The molecule has 0 fully saturated rings. The number of thiazole rings is 1. The summed E-state index contributed by atoms with van der Waals surface area (Å²) in [7, 11) is 1.92. The largest absolute Gasteiger partial charge is 0.369 e. The number of nitrogens with zero attached hydrogens (tertiary/aromatic N) is 5. The van der Waals surface area contributed by atoms with Crippen LogP contribution in [0.4, 0.5) is 5.95 Å². The summed E-state index contributed by atoms with van der Waals surface area (Å²) in [5, 5.41) is 4.46. The van der Waals surface area contributed by atoms with Crippen LogP contribution in [-0.4, -0.2) is 24.3 Å². The van der Waals surface area contributed by atoms with Crippen LogP contribution in [0.3, 0.4) is 0 Å². The fourth-order valence-electron chi connectivity index (χ4n) is 2.13. The van der Waals surface area contributed by atoms with E-state index < -0.39 is 0 Å². The Bertz CT molecular complexity index is 678. The van der Waals surface area contributed by atoms with Gasteiger partial charge in [0.15, 0.2) is 5.65 Å². The summed E-state index contributed by atoms with van der Waals surface area (Å²) in [6, 6.07) is 0. The lowest BCUT2D eigenvalue weighted by Crippen LogP contribution is -2.07. The van der Waals surface area contributed by atoms with E-state index in [4.69, 9.17) is 5.73 Å². The van der Waals surface area contributed by atoms with Gasteiger partial charge in [-0.3, -0.25) is 14.2 Å². The minimum Gasteiger partial charge on any atom is -0.369 e. The second kappa shape index (κ2) is 4.09. The van der Waals surface area contributed by atoms with Gasteiger partial charge in [-0.2, -0.15) is 5.10 Å². The van der Waals surface area contributed by atoms with Gasteiger partial charge in [-0.15, -0.1) is 11.3 Å². The third-order valence-corrected chi connectivity index (χ3v) is 3.72. The molecule has 0 amide bonds. The first-order valence-corrected chi connectivity index (χ1v) is 6.63. The number of nitrogen functional groups attached to an aromatic ring is 1. The van der Waals surface area contributed by atoms with Crippen molar-refractivity contribution in [2.45, 2.75) is 19.9 Å². The number of hydrogen-bond acceptors (Lipinski definition) is 5. The number of imidazole rings is 1. The van der Waals surface area contributed by atoms with Gasteiger partial charge in [-0.25, -0.2) is 4.98 Å². The minimum absolute atomic E-state index is 0.529. The van der Waals surface area contributed by atoms with Crippen molar-refractivity contribution < 1.29 is 0 Å². The maximum absolute atomic E-state index is 6.00. The molecule has 0 aromatic carbocycles. The molecule has 3 rings (SSSR count). The molecule has 0 aliphatic heterocycles. The molecule has 18 heavy (non-hydrogen) atoms. The van der Waals surface area contributed by atoms with Crippen molar-refractivity contribution in [3.63, 3.8) is 0 Å². The maximum atomic E-state index is 6.00. The van der Waals surface area contributed by atoms with Crippen LogP contribution in [0, 0.1) is 0 Å². The van der Waals surface area contributed by atoms with Crippen LogP contribution in [0.1, 0.15) is 17.5 Å². The highest BCUT2D eigenvalue weighted by molar-refractivity contribution is 7.09. The molecule has 7 heteroatoms. The zero-order valence-corrected chi connectivity index (χ0v) is 11.1. The number of fused-ring (bicyclic) bond motifs is 1. The van der Waals surface area contributed by atoms with E-state index in [0.717, 1.165) is 28.2 Å². The summed E-state index contributed by atoms with van der Waals surface area (Å²) in [6.07, 6.45) is 2.71. The Balaban J connectivity index is 2.16. The normalized spacial score (nSPS) is 11.4. The van der Waals surface area contributed by atoms with Crippen molar-refractivity contribution in [2.75, 3.05) is 5.73 Å². The summed E-state index contributed by atoms with van der Waals surface area (Å²) >= 11 is 1.61. The van der Waals surface area contributed by atoms with Crippen LogP contribution in [-0.2, 0) is 20.0 Å². The van der Waals surface area contributed by atoms with Gasteiger partial charge < -0.3 is 5.73 Å². The van der Waals surface area contributed by atoms with E-state index in [2.05, 4.69) is 22.0 Å². The van der Waals surface area contributed by atoms with Gasteiger partial charge in [0.05, 0.1) is 17.7 Å². The second-order valence-corrected chi connectivity index (χ2v) is 5.09. The van der Waals surface area contributed by atoms with Crippen LogP contribution in [0.2, 0.25) is 0 Å². The van der Waals surface area contributed by atoms with Crippen molar-refractivity contribution in [3.05, 3.63) is 22.3 Å². The highest BCUT2D eigenvalue weighted by Gasteiger charge is 2.17. The fourth-order valence-corrected chi connectivity index (χ4v) is 2.71. The summed E-state index contributed by atoms with van der Waals surface area (Å²) in [5.74, 6) is 0.529. The quantitative estimate of drug-likeness (QED) is 0.774. The van der Waals surface area contributed by atoms with Crippen molar-refractivity contribution in [1.82, 2.24) is 24.3 Å². The van der Waals surface area contributed by atoms with Crippen LogP contribution >= 0.6 is 11.3 Å². The molecule has 0 saturated carbocycles. The first kappa shape index (κ1) is 11.2. The summed E-state index contributed by atoms with van der Waals surface area (Å²) in [5.41, 5.74) is 10.7. The molecule has 0 aliphatic rings. The summed E-state index contributed by atoms with van der Waals surface area (Å²) in [4.78, 5) is 9.66. The molecule has 6 nitrogen and oxygen atoms in total. The van der Waals surface area contributed by atoms with Gasteiger partial charge in [-0.1, -0.05) is 6.92 Å². The highest BCUT2D eigenvalue weighted by Crippen LogP contribution is 2.23. The van der Waals surface area contributed by atoms with Gasteiger partial charge in [0.1, 0.15) is 5.52 Å². The van der Waals surface area contributed by atoms with Crippen LogP contribution in [0.25, 0.3) is 11.2 Å². The van der Waals surface area contributed by atoms with E-state index >= 15 is 0 Å². The van der Waals surface area contributed by atoms with Crippen LogP contribution in [0.15, 0.2) is 11.7 Å². The average molecular weight is 262 g/mol. The van der Waals surface area contributed by atoms with E-state index in [-0.39, 0.29) is 0 Å². The van der Waals surface area contributed by atoms with Crippen LogP contribution < -0.4 is 5.73 Å². The number of aryl methyl sites for hydroxylation is 2. The average Bonchev–Trinajstić information content (AvgIpc) is 3.01. The Kier molecular flexibility index (Phi) is 2.55. The molecule has 0 aliphatic carbocycles. The van der Waals surface area contributed by atoms with Gasteiger partial charge in [0, 0.05) is 18.1 Å². The molecule has 3 aromatic heterocycles. The SMILES string of the molecule is CCc1nn(C)c2c1nc(N)n2Cc1cncs1. The van der Waals surface area contributed by atoms with Gasteiger partial charge in [0.25, 0.3) is 0 Å². The molecule has 94 valence electrons. The molecule has 3 aromatic rings. The van der Waals surface area contributed by atoms with Crippen molar-refractivity contribution >= 4 is 28.4 Å². The Morgan fingerprint density at radius 1 is 1.44 bits per heavy atom. The van der Waals surface area contributed by atoms with Gasteiger partial charge >= 0.3 is 0 Å². The first-order valence-electron chi connectivity index (χ1n) is 5.75. The molecule has 0 atom stereocenters. The minimum atomic E-state index is 0.529. The molecule has 0 spiro atoms. The fraction of sp³-hybridized carbons (Fsp3) is 0.364. The van der Waals surface area contributed by atoms with Crippen molar-refractivity contribution in [3.8, 4) is 0 Å². The molecule has 3 heterocycles. The number of anilines is 1. The van der Waals surface area contributed by atoms with Crippen molar-refractivity contribution in [2.24, 2.45) is 7.05 Å². The van der Waals surface area contributed by atoms with Gasteiger partial charge in [0.2, 0.25) is 5.95 Å². The predicted molar refractivity (Wildman–Crippen MR) is 71.5 cm³/mol. The third-order valence-electron chi connectivity index (χ3n) is 2.95. The Hall–Kier alpha value is -1.89. The highest BCUT2D eigenvalue weighted by atomic mass is 32.1. The predicted octanol–water partition coefficient (Wildman–Crippen LogP) is 1.42. The first-order chi connectivity index (χ1) is 8.70. The Labute approximate surface area is 108 Å². The lowest BCUT2D eigenvalue weighted by molar-refractivity contribution is 0.722.